The minimum atomic E-state index is 0.793. The summed E-state index contributed by atoms with van der Waals surface area (Å²) in [6.07, 6.45) is 6.13. The highest BCUT2D eigenvalue weighted by molar-refractivity contribution is 5.97. The number of fused-ring (bicyclic) bond motifs is 1. The molecule has 122 valence electrons. The van der Waals surface area contributed by atoms with Gasteiger partial charge >= 0.3 is 0 Å². The lowest BCUT2D eigenvalue weighted by Crippen LogP contribution is -2.38. The topological polar surface area (TPSA) is 33.5 Å². The molecule has 0 atom stereocenters. The third-order valence-electron chi connectivity index (χ3n) is 4.29. The molecule has 0 bridgehead atoms. The van der Waals surface area contributed by atoms with E-state index in [4.69, 9.17) is 9.47 Å². The molecule has 1 N–H and O–H groups in total. The van der Waals surface area contributed by atoms with Crippen molar-refractivity contribution in [2.24, 2.45) is 0 Å². The number of rotatable bonds is 7. The van der Waals surface area contributed by atoms with Crippen LogP contribution in [0.5, 0.6) is 11.5 Å². The second kappa shape index (κ2) is 8.06. The third-order valence-corrected chi connectivity index (χ3v) is 4.29. The Morgan fingerprint density at radius 1 is 1.09 bits per heavy atom. The molecule has 0 spiro atoms. The second-order valence-corrected chi connectivity index (χ2v) is 5.87. The van der Waals surface area contributed by atoms with Crippen LogP contribution in [0, 0.1) is 0 Å². The number of hydrogen-bond donors (Lipinski definition) is 1. The molecular weight excluding hydrogens is 276 g/mol. The number of nitrogens with one attached hydrogen (secondary N) is 1. The Balaban J connectivity index is 2.17. The van der Waals surface area contributed by atoms with E-state index < -0.39 is 0 Å². The van der Waals surface area contributed by atoms with E-state index >= 15 is 0 Å². The number of benzene rings is 1. The van der Waals surface area contributed by atoms with Gasteiger partial charge in [0.25, 0.3) is 5.84 Å². The van der Waals surface area contributed by atoms with Crippen LogP contribution in [0.4, 0.5) is 0 Å². The van der Waals surface area contributed by atoms with Crippen LogP contribution in [0.3, 0.4) is 0 Å². The summed E-state index contributed by atoms with van der Waals surface area (Å²) in [6.45, 7) is 4.29. The first kappa shape index (κ1) is 16.7. The SMILES string of the molecule is CCCCCCNC1=[N+](C)CCc2cc(OC)c(OC)cc21. The Morgan fingerprint density at radius 2 is 1.82 bits per heavy atom. The smallest absolute Gasteiger partial charge is 0.277 e. The van der Waals surface area contributed by atoms with Crippen molar-refractivity contribution in [3.8, 4) is 11.5 Å². The van der Waals surface area contributed by atoms with Crippen LogP contribution < -0.4 is 14.8 Å². The molecule has 0 saturated carbocycles. The molecular formula is C18H29N2O2+. The first-order valence-corrected chi connectivity index (χ1v) is 8.28. The predicted octanol–water partition coefficient (Wildman–Crippen LogP) is 2.82. The lowest BCUT2D eigenvalue weighted by molar-refractivity contribution is -0.500. The normalized spacial score (nSPS) is 13.8. The Labute approximate surface area is 134 Å². The molecule has 0 aromatic heterocycles. The molecule has 1 aliphatic rings. The van der Waals surface area contributed by atoms with Crippen molar-refractivity contribution in [1.29, 1.82) is 0 Å². The fourth-order valence-electron chi connectivity index (χ4n) is 2.94. The first-order valence-electron chi connectivity index (χ1n) is 8.28. The number of hydrogen-bond acceptors (Lipinski definition) is 3. The van der Waals surface area contributed by atoms with Crippen LogP contribution in [-0.2, 0) is 6.42 Å². The highest BCUT2D eigenvalue weighted by Gasteiger charge is 2.24. The minimum absolute atomic E-state index is 0.793. The average molecular weight is 305 g/mol. The molecule has 0 fully saturated rings. The van der Waals surface area contributed by atoms with Gasteiger partial charge in [-0.1, -0.05) is 19.8 Å². The maximum Gasteiger partial charge on any atom is 0.277 e. The van der Waals surface area contributed by atoms with Crippen molar-refractivity contribution in [2.75, 3.05) is 34.4 Å². The van der Waals surface area contributed by atoms with Crippen LogP contribution >= 0.6 is 0 Å². The van der Waals surface area contributed by atoms with Gasteiger partial charge in [-0.3, -0.25) is 9.89 Å². The van der Waals surface area contributed by atoms with E-state index in [0.29, 0.717) is 0 Å². The molecule has 1 aromatic rings. The lowest BCUT2D eigenvalue weighted by atomic mass is 9.99. The van der Waals surface area contributed by atoms with E-state index in [0.717, 1.165) is 31.0 Å². The Morgan fingerprint density at radius 3 is 2.50 bits per heavy atom. The van der Waals surface area contributed by atoms with Crippen LogP contribution in [0.25, 0.3) is 0 Å². The van der Waals surface area contributed by atoms with Crippen LogP contribution in [0.15, 0.2) is 12.1 Å². The van der Waals surface area contributed by atoms with Crippen molar-refractivity contribution >= 4 is 5.84 Å². The van der Waals surface area contributed by atoms with Crippen molar-refractivity contribution < 1.29 is 14.0 Å². The standard InChI is InChI=1S/C18H28N2O2/c1-5-6-7-8-10-19-18-15-13-17(22-4)16(21-3)12-14(15)9-11-20(18)2/h12-13H,5-11H2,1-4H3/p+1. The van der Waals surface area contributed by atoms with Gasteiger partial charge in [0, 0.05) is 6.42 Å². The molecule has 1 aliphatic heterocycles. The van der Waals surface area contributed by atoms with Gasteiger partial charge in [0.15, 0.2) is 11.5 Å². The molecule has 4 nitrogen and oxygen atoms in total. The van der Waals surface area contributed by atoms with E-state index in [1.54, 1.807) is 14.2 Å². The summed E-state index contributed by atoms with van der Waals surface area (Å²) in [5.74, 6) is 2.81. The Kier molecular flexibility index (Phi) is 6.10. The molecule has 1 aromatic carbocycles. The molecule has 0 aliphatic carbocycles. The summed E-state index contributed by atoms with van der Waals surface area (Å²) in [5.41, 5.74) is 2.56. The summed E-state index contributed by atoms with van der Waals surface area (Å²) >= 11 is 0. The number of methoxy groups -OCH3 is 2. The van der Waals surface area contributed by atoms with Crippen molar-refractivity contribution in [3.05, 3.63) is 23.3 Å². The summed E-state index contributed by atoms with van der Waals surface area (Å²) in [4.78, 5) is 0. The van der Waals surface area contributed by atoms with E-state index in [1.807, 2.05) is 0 Å². The fraction of sp³-hybridized carbons (Fsp3) is 0.611. The Bertz CT molecular complexity index is 538. The highest BCUT2D eigenvalue weighted by atomic mass is 16.5. The molecule has 0 unspecified atom stereocenters. The zero-order chi connectivity index (χ0) is 15.9. The molecule has 0 radical (unpaired) electrons. The fourth-order valence-corrected chi connectivity index (χ4v) is 2.94. The summed E-state index contributed by atoms with van der Waals surface area (Å²) in [7, 11) is 5.53. The molecule has 4 heteroatoms. The second-order valence-electron chi connectivity index (χ2n) is 5.87. The zero-order valence-electron chi connectivity index (χ0n) is 14.4. The van der Waals surface area contributed by atoms with E-state index in [1.165, 1.54) is 42.6 Å². The van der Waals surface area contributed by atoms with Gasteiger partial charge in [0.2, 0.25) is 0 Å². The van der Waals surface area contributed by atoms with Crippen molar-refractivity contribution in [1.82, 2.24) is 5.32 Å². The summed E-state index contributed by atoms with van der Waals surface area (Å²) < 4.78 is 13.2. The highest BCUT2D eigenvalue weighted by Crippen LogP contribution is 2.32. The average Bonchev–Trinajstić information content (AvgIpc) is 2.55. The monoisotopic (exact) mass is 305 g/mol. The van der Waals surface area contributed by atoms with Gasteiger partial charge in [-0.2, -0.15) is 0 Å². The van der Waals surface area contributed by atoms with Crippen LogP contribution in [0.1, 0.15) is 43.7 Å². The third kappa shape index (κ3) is 3.73. The lowest BCUT2D eigenvalue weighted by Gasteiger charge is -2.20. The van der Waals surface area contributed by atoms with Crippen LogP contribution in [0.2, 0.25) is 0 Å². The first-order chi connectivity index (χ1) is 10.7. The van der Waals surface area contributed by atoms with E-state index in [-0.39, 0.29) is 0 Å². The van der Waals surface area contributed by atoms with Gasteiger partial charge in [0.05, 0.1) is 39.9 Å². The van der Waals surface area contributed by atoms with Crippen molar-refractivity contribution in [2.45, 2.75) is 39.0 Å². The molecule has 22 heavy (non-hydrogen) atoms. The van der Waals surface area contributed by atoms with Crippen molar-refractivity contribution in [3.63, 3.8) is 0 Å². The zero-order valence-corrected chi connectivity index (χ0v) is 14.4. The number of unbranched alkanes of at least 4 members (excludes halogenated alkanes) is 3. The number of likely N-dealkylation sites (N-methyl/N-ethyl adjacent to an activating group) is 1. The summed E-state index contributed by atoms with van der Waals surface area (Å²) in [5, 5.41) is 3.62. The maximum atomic E-state index is 5.46. The van der Waals surface area contributed by atoms with E-state index in [9.17, 15) is 0 Å². The Hall–Kier alpha value is -1.71. The molecule has 1 heterocycles. The van der Waals surface area contributed by atoms with Crippen LogP contribution in [-0.4, -0.2) is 44.8 Å². The number of nitrogens with zero attached hydrogens (tertiary/aromatic N) is 1. The molecule has 2 rings (SSSR count). The predicted molar refractivity (Wildman–Crippen MR) is 90.6 cm³/mol. The van der Waals surface area contributed by atoms with Gasteiger partial charge < -0.3 is 9.47 Å². The van der Waals surface area contributed by atoms with Gasteiger partial charge in [-0.15, -0.1) is 0 Å². The largest absolute Gasteiger partial charge is 0.493 e. The number of ether oxygens (including phenoxy) is 2. The number of amidine groups is 1. The minimum Gasteiger partial charge on any atom is -0.493 e. The molecule has 0 saturated heterocycles. The molecule has 0 amide bonds. The van der Waals surface area contributed by atoms with E-state index in [2.05, 4.69) is 36.0 Å². The van der Waals surface area contributed by atoms with Gasteiger partial charge in [-0.25, -0.2) is 0 Å². The summed E-state index contributed by atoms with van der Waals surface area (Å²) in [6, 6.07) is 4.21. The van der Waals surface area contributed by atoms with Gasteiger partial charge in [0.1, 0.15) is 0 Å². The van der Waals surface area contributed by atoms with Gasteiger partial charge in [-0.05, 0) is 30.5 Å². The maximum absolute atomic E-state index is 5.46. The quantitative estimate of drug-likeness (QED) is 0.621.